The summed E-state index contributed by atoms with van der Waals surface area (Å²) in [6.07, 6.45) is 12.0. The molecule has 1 aliphatic carbocycles. The lowest BCUT2D eigenvalue weighted by molar-refractivity contribution is -0.118. The molecule has 2 aromatic heterocycles. The molecule has 2 aromatic rings. The molecule has 1 aliphatic heterocycles. The largest absolute Gasteiger partial charge is 0.370 e. The molecule has 0 saturated heterocycles. The van der Waals surface area contributed by atoms with Gasteiger partial charge in [-0.15, -0.1) is 0 Å². The third-order valence-electron chi connectivity index (χ3n) is 4.86. The van der Waals surface area contributed by atoms with Crippen LogP contribution < -0.4 is 11.1 Å². The summed E-state index contributed by atoms with van der Waals surface area (Å²) >= 11 is 6.78. The maximum absolute atomic E-state index is 10.9. The second-order valence-electron chi connectivity index (χ2n) is 6.43. The van der Waals surface area contributed by atoms with E-state index in [9.17, 15) is 4.79 Å². The first-order valence-electron chi connectivity index (χ1n) is 7.98. The third kappa shape index (κ3) is 2.38. The van der Waals surface area contributed by atoms with Crippen LogP contribution in [0.25, 0.3) is 11.1 Å². The highest BCUT2D eigenvalue weighted by Crippen LogP contribution is 2.49. The number of aromatic nitrogens is 3. The number of halogens is 1. The van der Waals surface area contributed by atoms with Crippen LogP contribution in [-0.2, 0) is 16.8 Å². The zero-order chi connectivity index (χ0) is 16.7. The lowest BCUT2D eigenvalue weighted by Gasteiger charge is -2.24. The van der Waals surface area contributed by atoms with Crippen molar-refractivity contribution in [1.29, 1.82) is 0 Å². The van der Waals surface area contributed by atoms with E-state index in [1.807, 2.05) is 6.20 Å². The molecule has 6 nitrogen and oxygen atoms in total. The van der Waals surface area contributed by atoms with Gasteiger partial charge in [-0.05, 0) is 12.8 Å². The van der Waals surface area contributed by atoms with Crippen LogP contribution in [0.4, 0.5) is 5.82 Å². The lowest BCUT2D eigenvalue weighted by atomic mass is 9.80. The Hall–Kier alpha value is -2.34. The molecule has 3 heterocycles. The molecule has 4 rings (SSSR count). The number of amides is 1. The highest BCUT2D eigenvalue weighted by atomic mass is 35.5. The highest BCUT2D eigenvalue weighted by Gasteiger charge is 2.42. The fraction of sp³-hybridized carbons (Fsp3) is 0.353. The molecule has 0 atom stereocenters. The van der Waals surface area contributed by atoms with Crippen molar-refractivity contribution in [3.05, 3.63) is 41.3 Å². The summed E-state index contributed by atoms with van der Waals surface area (Å²) in [4.78, 5) is 15.5. The number of aryl methyl sites for hydroxylation is 1. The molecule has 1 spiro atoms. The van der Waals surface area contributed by atoms with Crippen molar-refractivity contribution in [2.75, 3.05) is 11.9 Å². The third-order valence-corrected chi connectivity index (χ3v) is 5.25. The second-order valence-corrected chi connectivity index (χ2v) is 6.81. The summed E-state index contributed by atoms with van der Waals surface area (Å²) in [5.41, 5.74) is 8.09. The van der Waals surface area contributed by atoms with Crippen molar-refractivity contribution in [3.8, 4) is 11.1 Å². The smallest absolute Gasteiger partial charge is 0.219 e. The van der Waals surface area contributed by atoms with E-state index >= 15 is 0 Å². The summed E-state index contributed by atoms with van der Waals surface area (Å²) in [5.74, 6) is 0.541. The summed E-state index contributed by atoms with van der Waals surface area (Å²) in [6, 6.07) is 0. The van der Waals surface area contributed by atoms with E-state index in [1.165, 1.54) is 0 Å². The average molecular weight is 344 g/mol. The number of carbonyl (C=O) groups is 1. The van der Waals surface area contributed by atoms with E-state index in [0.29, 0.717) is 6.54 Å². The monoisotopic (exact) mass is 343 g/mol. The van der Waals surface area contributed by atoms with Gasteiger partial charge in [-0.25, -0.2) is 4.98 Å². The van der Waals surface area contributed by atoms with Gasteiger partial charge in [-0.2, -0.15) is 5.10 Å². The van der Waals surface area contributed by atoms with Crippen molar-refractivity contribution in [1.82, 2.24) is 14.8 Å². The first kappa shape index (κ1) is 15.2. The number of fused-ring (bicyclic) bond motifs is 2. The number of primary amides is 1. The van der Waals surface area contributed by atoms with Crippen molar-refractivity contribution < 1.29 is 4.79 Å². The SMILES string of the molecule is NC(=O)CCn1cc(-c2cnc3c(c2Cl)C2(CC=CC2)CN3)cn1. The van der Waals surface area contributed by atoms with Gasteiger partial charge in [0.2, 0.25) is 5.91 Å². The molecular weight excluding hydrogens is 326 g/mol. The van der Waals surface area contributed by atoms with Crippen LogP contribution in [0.15, 0.2) is 30.7 Å². The predicted molar refractivity (Wildman–Crippen MR) is 92.8 cm³/mol. The van der Waals surface area contributed by atoms with Gasteiger partial charge in [0.05, 0.1) is 11.2 Å². The van der Waals surface area contributed by atoms with E-state index in [0.717, 1.165) is 46.9 Å². The summed E-state index contributed by atoms with van der Waals surface area (Å²) in [6.45, 7) is 1.32. The molecule has 0 aromatic carbocycles. The van der Waals surface area contributed by atoms with Gasteiger partial charge in [0.1, 0.15) is 5.82 Å². The standard InChI is InChI=1S/C17H18ClN5O/c18-15-12(11-7-22-23(9-11)6-3-13(19)24)8-20-16-14(15)17(10-21-16)4-1-2-5-17/h1-2,7-9H,3-6,10H2,(H2,19,24)(H,20,21). The predicted octanol–water partition coefficient (Wildman–Crippen LogP) is 2.49. The quantitative estimate of drug-likeness (QED) is 0.835. The summed E-state index contributed by atoms with van der Waals surface area (Å²) in [7, 11) is 0. The van der Waals surface area contributed by atoms with Gasteiger partial charge in [-0.3, -0.25) is 9.48 Å². The van der Waals surface area contributed by atoms with E-state index < -0.39 is 0 Å². The Labute approximate surface area is 144 Å². The van der Waals surface area contributed by atoms with Crippen LogP contribution >= 0.6 is 11.6 Å². The highest BCUT2D eigenvalue weighted by molar-refractivity contribution is 6.34. The number of nitrogens with zero attached hydrogens (tertiary/aromatic N) is 3. The molecule has 0 saturated carbocycles. The summed E-state index contributed by atoms with van der Waals surface area (Å²) < 4.78 is 1.70. The molecule has 0 fully saturated rings. The Morgan fingerprint density at radius 1 is 1.38 bits per heavy atom. The van der Waals surface area contributed by atoms with Gasteiger partial charge >= 0.3 is 0 Å². The second kappa shape index (κ2) is 5.63. The van der Waals surface area contributed by atoms with Crippen LogP contribution in [-0.4, -0.2) is 27.2 Å². The van der Waals surface area contributed by atoms with Gasteiger partial charge in [0, 0.05) is 54.0 Å². The van der Waals surface area contributed by atoms with E-state index in [1.54, 1.807) is 17.1 Å². The molecule has 124 valence electrons. The number of nitrogens with one attached hydrogen (secondary N) is 1. The minimum Gasteiger partial charge on any atom is -0.370 e. The molecule has 0 bridgehead atoms. The molecule has 7 heteroatoms. The number of allylic oxidation sites excluding steroid dienone is 2. The van der Waals surface area contributed by atoms with Crippen LogP contribution in [0.2, 0.25) is 5.02 Å². The van der Waals surface area contributed by atoms with Crippen molar-refractivity contribution >= 4 is 23.3 Å². The zero-order valence-electron chi connectivity index (χ0n) is 13.1. The lowest BCUT2D eigenvalue weighted by Crippen LogP contribution is -2.25. The van der Waals surface area contributed by atoms with Gasteiger partial charge in [0.25, 0.3) is 0 Å². The maximum atomic E-state index is 10.9. The molecule has 1 amide bonds. The maximum Gasteiger partial charge on any atom is 0.219 e. The van der Waals surface area contributed by atoms with Crippen LogP contribution in [0.5, 0.6) is 0 Å². The minimum atomic E-state index is -0.342. The number of hydrogen-bond donors (Lipinski definition) is 2. The number of pyridine rings is 1. The summed E-state index contributed by atoms with van der Waals surface area (Å²) in [5, 5.41) is 8.40. The van der Waals surface area contributed by atoms with E-state index in [-0.39, 0.29) is 17.7 Å². The first-order chi connectivity index (χ1) is 11.6. The number of rotatable bonds is 4. The fourth-order valence-corrected chi connectivity index (χ4v) is 4.00. The Morgan fingerprint density at radius 2 is 2.17 bits per heavy atom. The Bertz CT molecular complexity index is 834. The molecule has 2 aliphatic rings. The van der Waals surface area contributed by atoms with Crippen molar-refractivity contribution in [2.24, 2.45) is 5.73 Å². The fourth-order valence-electron chi connectivity index (χ4n) is 3.55. The normalized spacial score (nSPS) is 17.2. The molecule has 24 heavy (non-hydrogen) atoms. The molecular formula is C17H18ClN5O. The van der Waals surface area contributed by atoms with E-state index in [2.05, 4.69) is 27.6 Å². The van der Waals surface area contributed by atoms with Crippen LogP contribution in [0, 0.1) is 0 Å². The zero-order valence-corrected chi connectivity index (χ0v) is 13.9. The first-order valence-corrected chi connectivity index (χ1v) is 8.36. The van der Waals surface area contributed by atoms with Gasteiger partial charge < -0.3 is 11.1 Å². The van der Waals surface area contributed by atoms with E-state index in [4.69, 9.17) is 17.3 Å². The molecule has 3 N–H and O–H groups in total. The Kier molecular flexibility index (Phi) is 3.57. The molecule has 0 unspecified atom stereocenters. The van der Waals surface area contributed by atoms with Crippen molar-refractivity contribution in [3.63, 3.8) is 0 Å². The number of hydrogen-bond acceptors (Lipinski definition) is 4. The van der Waals surface area contributed by atoms with Crippen molar-refractivity contribution in [2.45, 2.75) is 31.2 Å². The van der Waals surface area contributed by atoms with Gasteiger partial charge in [-0.1, -0.05) is 23.8 Å². The average Bonchev–Trinajstić information content (AvgIpc) is 3.28. The Balaban J connectivity index is 1.69. The van der Waals surface area contributed by atoms with Gasteiger partial charge in [0.15, 0.2) is 0 Å². The van der Waals surface area contributed by atoms with Crippen LogP contribution in [0.1, 0.15) is 24.8 Å². The topological polar surface area (TPSA) is 85.8 Å². The number of nitrogens with two attached hydrogens (primary N) is 1. The molecule has 0 radical (unpaired) electrons. The number of carbonyl (C=O) groups excluding carboxylic acids is 1. The number of anilines is 1. The van der Waals surface area contributed by atoms with Crippen LogP contribution in [0.3, 0.4) is 0 Å². The Morgan fingerprint density at radius 3 is 2.92 bits per heavy atom. The minimum absolute atomic E-state index is 0.0252.